The van der Waals surface area contributed by atoms with Crippen LogP contribution in [-0.4, -0.2) is 42.8 Å². The summed E-state index contributed by atoms with van der Waals surface area (Å²) in [6, 6.07) is 0. The highest BCUT2D eigenvalue weighted by atomic mass is 16.7. The second-order valence-corrected chi connectivity index (χ2v) is 3.43. The fourth-order valence-electron chi connectivity index (χ4n) is 1.00. The summed E-state index contributed by atoms with van der Waals surface area (Å²) in [6.45, 7) is 3.41. The molecule has 1 rings (SSSR count). The quantitative estimate of drug-likeness (QED) is 0.560. The molecule has 0 aromatic carbocycles. The van der Waals surface area contributed by atoms with Gasteiger partial charge in [0, 0.05) is 32.7 Å². The zero-order valence-electron chi connectivity index (χ0n) is 14.7. The van der Waals surface area contributed by atoms with Gasteiger partial charge in [-0.2, -0.15) is 0 Å². The Hall–Kier alpha value is -2.84. The van der Waals surface area contributed by atoms with Gasteiger partial charge in [0.1, 0.15) is 0 Å². The lowest BCUT2D eigenvalue weighted by Crippen LogP contribution is -2.31. The van der Waals surface area contributed by atoms with Gasteiger partial charge in [-0.15, -0.1) is 30.8 Å². The maximum absolute atomic E-state index is 10.9. The fourth-order valence-corrected chi connectivity index (χ4v) is 1.00. The highest BCUT2D eigenvalue weighted by molar-refractivity contribution is 6.01. The van der Waals surface area contributed by atoms with Crippen LogP contribution in [0.15, 0.2) is 0 Å². The summed E-state index contributed by atoms with van der Waals surface area (Å²) in [5, 5.41) is 3.02. The second-order valence-electron chi connectivity index (χ2n) is 3.43. The van der Waals surface area contributed by atoms with Crippen molar-refractivity contribution in [3.63, 3.8) is 0 Å². The molecule has 1 fully saturated rings. The predicted molar refractivity (Wildman–Crippen MR) is 91.7 cm³/mol. The Balaban J connectivity index is -0.000000141. The molecule has 0 radical (unpaired) electrons. The van der Waals surface area contributed by atoms with E-state index in [0.29, 0.717) is 11.5 Å². The van der Waals surface area contributed by atoms with Crippen LogP contribution < -0.4 is 11.1 Å². The van der Waals surface area contributed by atoms with E-state index in [1.54, 1.807) is 14.0 Å². The van der Waals surface area contributed by atoms with E-state index in [9.17, 15) is 19.2 Å². The number of nitrogens with one attached hydrogen (secondary N) is 1. The first-order valence-electron chi connectivity index (χ1n) is 6.97. The highest BCUT2D eigenvalue weighted by Crippen LogP contribution is 2.12. The lowest BCUT2D eigenvalue weighted by molar-refractivity contribution is -0.197. The number of hydrogen-bond donors (Lipinski definition) is 2. The van der Waals surface area contributed by atoms with E-state index in [2.05, 4.69) is 41.6 Å². The second kappa shape index (κ2) is 22.4. The number of nitrogens with zero attached hydrogens (tertiary/aromatic N) is 1. The summed E-state index contributed by atoms with van der Waals surface area (Å²) in [6.07, 6.45) is 17.0. The maximum atomic E-state index is 10.9. The number of hydroxylamine groups is 2. The minimum absolute atomic E-state index is 0.0926. The normalized spacial score (nSPS) is 10.8. The molecule has 3 amide bonds. The zero-order valence-corrected chi connectivity index (χ0v) is 14.7. The first kappa shape index (κ1) is 29.2. The smallest absolute Gasteiger partial charge is 0.332 e. The first-order valence-corrected chi connectivity index (χ1v) is 6.97. The Morgan fingerprint density at radius 3 is 1.62 bits per heavy atom. The molecule has 0 atom stereocenters. The molecule has 1 heterocycles. The summed E-state index contributed by atoms with van der Waals surface area (Å²) in [5.41, 5.74) is 4.50. The Bertz CT molecular complexity index is 388. The molecule has 0 saturated carbocycles. The number of imide groups is 1. The molecule has 1 aliphatic heterocycles. The van der Waals surface area contributed by atoms with Gasteiger partial charge in [0.15, 0.2) is 0 Å². The summed E-state index contributed by atoms with van der Waals surface area (Å²) < 4.78 is 0. The number of rotatable bonds is 3. The molecule has 1 aliphatic rings. The van der Waals surface area contributed by atoms with E-state index in [1.807, 2.05) is 6.92 Å². The molecule has 0 spiro atoms. The molecular weight excluding hydrogens is 314 g/mol. The van der Waals surface area contributed by atoms with Crippen molar-refractivity contribution in [2.75, 3.05) is 14.1 Å². The molecule has 0 aromatic rings. The van der Waals surface area contributed by atoms with Crippen LogP contribution in [0, 0.1) is 25.7 Å². The van der Waals surface area contributed by atoms with Gasteiger partial charge in [-0.1, -0.05) is 13.8 Å². The number of carbonyl (C=O) groups is 4. The maximum Gasteiger partial charge on any atom is 0.332 e. The highest BCUT2D eigenvalue weighted by Gasteiger charge is 2.32. The largest absolute Gasteiger partial charge is 0.359 e. The van der Waals surface area contributed by atoms with Crippen LogP contribution in [-0.2, 0) is 24.0 Å². The van der Waals surface area contributed by atoms with Crippen molar-refractivity contribution in [1.29, 1.82) is 0 Å². The number of terminal acetylenes is 2. The Labute approximate surface area is 144 Å². The average molecular weight is 341 g/mol. The van der Waals surface area contributed by atoms with E-state index < -0.39 is 17.8 Å². The third kappa shape index (κ3) is 15.5. The van der Waals surface area contributed by atoms with E-state index in [0.717, 1.165) is 0 Å². The molecular formula is C16H27N3O5. The number of amides is 3. The zero-order chi connectivity index (χ0) is 20.1. The van der Waals surface area contributed by atoms with Crippen molar-refractivity contribution < 1.29 is 24.0 Å². The molecule has 24 heavy (non-hydrogen) atoms. The van der Waals surface area contributed by atoms with Crippen molar-refractivity contribution in [1.82, 2.24) is 10.4 Å². The van der Waals surface area contributed by atoms with Crippen LogP contribution in [0.5, 0.6) is 0 Å². The van der Waals surface area contributed by atoms with Crippen LogP contribution >= 0.6 is 0 Å². The molecule has 1 saturated heterocycles. The van der Waals surface area contributed by atoms with Gasteiger partial charge >= 0.3 is 5.97 Å². The minimum atomic E-state index is -0.571. The molecule has 3 N–H and O–H groups in total. The number of nitrogens with two attached hydrogens (primary N) is 1. The van der Waals surface area contributed by atoms with Gasteiger partial charge in [0.05, 0.1) is 0 Å². The molecule has 0 aromatic heterocycles. The van der Waals surface area contributed by atoms with E-state index in [4.69, 9.17) is 0 Å². The molecule has 0 bridgehead atoms. The standard InChI is InChI=1S/C7H9NO4.C4H9NO.2C2H2.CH5N/c1-2-7(11)12-8-5(9)3-4-6(8)10;1-3-4(6)5-2;3*1-2/h2-4H2,1H3;3H2,1-2H3,(H,5,6);2*1-2H;2H2,1H3. The van der Waals surface area contributed by atoms with Gasteiger partial charge in [-0.05, 0) is 7.05 Å². The molecule has 8 heteroatoms. The van der Waals surface area contributed by atoms with Crippen LogP contribution in [0.25, 0.3) is 0 Å². The third-order valence-corrected chi connectivity index (χ3v) is 2.09. The van der Waals surface area contributed by atoms with Crippen LogP contribution in [0.4, 0.5) is 0 Å². The van der Waals surface area contributed by atoms with E-state index in [1.165, 1.54) is 7.05 Å². The van der Waals surface area contributed by atoms with E-state index >= 15 is 0 Å². The van der Waals surface area contributed by atoms with Crippen molar-refractivity contribution in [2.24, 2.45) is 5.73 Å². The lowest BCUT2D eigenvalue weighted by atomic mass is 10.4. The van der Waals surface area contributed by atoms with Crippen molar-refractivity contribution in [3.05, 3.63) is 0 Å². The topological polar surface area (TPSA) is 119 Å². The summed E-state index contributed by atoms with van der Waals surface area (Å²) in [7, 11) is 3.13. The van der Waals surface area contributed by atoms with Crippen LogP contribution in [0.2, 0.25) is 0 Å². The van der Waals surface area contributed by atoms with Crippen molar-refractivity contribution >= 4 is 23.7 Å². The SMILES string of the molecule is C#C.C#C.CCC(=O)NC.CCC(=O)ON1C(=O)CCC1=O.CN. The average Bonchev–Trinajstić information content (AvgIpc) is 2.98. The number of hydrogen-bond acceptors (Lipinski definition) is 6. The van der Waals surface area contributed by atoms with Gasteiger partial charge in [0.25, 0.3) is 11.8 Å². The molecule has 0 aliphatic carbocycles. The summed E-state index contributed by atoms with van der Waals surface area (Å²) in [4.78, 5) is 47.0. The molecule has 0 unspecified atom stereocenters. The van der Waals surface area contributed by atoms with Crippen LogP contribution in [0.3, 0.4) is 0 Å². The predicted octanol–water partition coefficient (Wildman–Crippen LogP) is 0.220. The third-order valence-electron chi connectivity index (χ3n) is 2.09. The van der Waals surface area contributed by atoms with Gasteiger partial charge in [0.2, 0.25) is 5.91 Å². The summed E-state index contributed by atoms with van der Waals surface area (Å²) >= 11 is 0. The lowest BCUT2D eigenvalue weighted by Gasteiger charge is -2.10. The molecule has 136 valence electrons. The Morgan fingerprint density at radius 1 is 1.04 bits per heavy atom. The van der Waals surface area contributed by atoms with Gasteiger partial charge in [-0.25, -0.2) is 4.79 Å². The molecule has 8 nitrogen and oxygen atoms in total. The minimum Gasteiger partial charge on any atom is -0.359 e. The van der Waals surface area contributed by atoms with Gasteiger partial charge < -0.3 is 15.9 Å². The van der Waals surface area contributed by atoms with Crippen molar-refractivity contribution in [3.8, 4) is 25.7 Å². The Kier molecular flexibility index (Phi) is 27.3. The van der Waals surface area contributed by atoms with Crippen LogP contribution in [0.1, 0.15) is 39.5 Å². The Morgan fingerprint density at radius 2 is 1.42 bits per heavy atom. The summed E-state index contributed by atoms with van der Waals surface area (Å²) in [5.74, 6) is -1.36. The monoisotopic (exact) mass is 341 g/mol. The fraction of sp³-hybridized carbons (Fsp3) is 0.500. The van der Waals surface area contributed by atoms with E-state index in [-0.39, 0.29) is 25.2 Å². The number of carbonyl (C=O) groups excluding carboxylic acids is 4. The first-order chi connectivity index (χ1) is 11.5. The van der Waals surface area contributed by atoms with Crippen molar-refractivity contribution in [2.45, 2.75) is 39.5 Å². The van der Waals surface area contributed by atoms with Gasteiger partial charge in [-0.3, -0.25) is 14.4 Å².